The average molecular weight is 735 g/mol. The Morgan fingerprint density at radius 1 is 1.16 bits per heavy atom. The predicted molar refractivity (Wildman–Crippen MR) is 198 cm³/mol. The third-order valence-electron chi connectivity index (χ3n) is 10.8. The molecule has 7 rings (SSSR count). The first-order chi connectivity index (χ1) is 24.7. The van der Waals surface area contributed by atoms with Crippen molar-refractivity contribution < 1.29 is 24.9 Å². The number of aliphatic hydroxyl groups excluding tert-OH is 1. The van der Waals surface area contributed by atoms with Gasteiger partial charge in [0.1, 0.15) is 22.9 Å². The number of phenolic OH excluding ortho intramolecular Hbond substituents is 1. The number of rotatable bonds is 14. The maximum absolute atomic E-state index is 13.4. The van der Waals surface area contributed by atoms with Crippen molar-refractivity contribution in [1.29, 1.82) is 0 Å². The molecule has 3 aromatic heterocycles. The zero-order chi connectivity index (χ0) is 35.5. The average Bonchev–Trinajstić information content (AvgIpc) is 3.96. The number of nitrogens with one attached hydrogen (secondary N) is 2. The van der Waals surface area contributed by atoms with E-state index in [0.717, 1.165) is 98.8 Å². The number of aryl methyl sites for hydroxylation is 1. The Morgan fingerprint density at radius 3 is 2.73 bits per heavy atom. The molecule has 2 fully saturated rings. The number of benzene rings is 2. The van der Waals surface area contributed by atoms with Crippen LogP contribution in [0.25, 0.3) is 21.3 Å². The van der Waals surface area contributed by atoms with Gasteiger partial charge in [-0.2, -0.15) is 0 Å². The van der Waals surface area contributed by atoms with Crippen LogP contribution in [-0.4, -0.2) is 78.4 Å². The SMILES string of the molecule is CN(CCCn1nnc2cc(CNC[C@H](O)c3ccc(O)c4[nH]c(=O)sc34)ccc21)[C@H]1CC[C@H](OC(=O)[C@](O)(c2cccs2)C2CCCC2)CC1. The smallest absolute Gasteiger partial charge is 0.344 e. The first-order valence-electron chi connectivity index (χ1n) is 17.9. The Labute approximate surface area is 304 Å². The van der Waals surface area contributed by atoms with E-state index >= 15 is 0 Å². The van der Waals surface area contributed by atoms with Crippen LogP contribution in [0.3, 0.4) is 0 Å². The van der Waals surface area contributed by atoms with Crippen molar-refractivity contribution in [2.45, 2.75) is 94.7 Å². The number of aliphatic hydroxyl groups is 2. The summed E-state index contributed by atoms with van der Waals surface area (Å²) in [4.78, 5) is 30.7. The first kappa shape index (κ1) is 35.7. The Hall–Kier alpha value is -3.66. The monoisotopic (exact) mass is 734 g/mol. The van der Waals surface area contributed by atoms with Crippen LogP contribution in [-0.2, 0) is 28.2 Å². The van der Waals surface area contributed by atoms with Gasteiger partial charge in [0.05, 0.1) is 16.3 Å². The number of thiophene rings is 1. The molecule has 5 aromatic rings. The molecule has 0 bridgehead atoms. The molecular formula is C37H46N6O6S2. The summed E-state index contributed by atoms with van der Waals surface area (Å²) in [6.07, 6.45) is 7.18. The van der Waals surface area contributed by atoms with E-state index in [4.69, 9.17) is 4.74 Å². The summed E-state index contributed by atoms with van der Waals surface area (Å²) < 4.78 is 8.52. The van der Waals surface area contributed by atoms with E-state index in [1.54, 1.807) is 6.07 Å². The van der Waals surface area contributed by atoms with Crippen LogP contribution >= 0.6 is 22.7 Å². The molecule has 0 spiro atoms. The van der Waals surface area contributed by atoms with Gasteiger partial charge in [0.15, 0.2) is 5.60 Å². The second-order valence-electron chi connectivity index (χ2n) is 14.1. The minimum Gasteiger partial charge on any atom is -0.506 e. The summed E-state index contributed by atoms with van der Waals surface area (Å²) in [7, 11) is 2.16. The molecule has 2 atom stereocenters. The molecule has 5 N–H and O–H groups in total. The topological polar surface area (TPSA) is 166 Å². The maximum atomic E-state index is 13.4. The number of hydrogen-bond acceptors (Lipinski definition) is 12. The minimum atomic E-state index is -1.54. The zero-order valence-corrected chi connectivity index (χ0v) is 30.4. The number of aromatic hydroxyl groups is 1. The van der Waals surface area contributed by atoms with E-state index in [1.807, 2.05) is 40.4 Å². The van der Waals surface area contributed by atoms with Gasteiger partial charge in [-0.3, -0.25) is 4.79 Å². The molecule has 2 aromatic carbocycles. The number of nitrogens with zero attached hydrogens (tertiary/aromatic N) is 4. The van der Waals surface area contributed by atoms with Crippen molar-refractivity contribution in [3.63, 3.8) is 0 Å². The predicted octanol–water partition coefficient (Wildman–Crippen LogP) is 5.18. The van der Waals surface area contributed by atoms with E-state index in [9.17, 15) is 24.9 Å². The number of carbonyl (C=O) groups is 1. The van der Waals surface area contributed by atoms with E-state index < -0.39 is 17.7 Å². The number of esters is 1. The van der Waals surface area contributed by atoms with Crippen molar-refractivity contribution in [1.82, 2.24) is 30.2 Å². The molecule has 2 aliphatic carbocycles. The minimum absolute atomic E-state index is 0.0146. The van der Waals surface area contributed by atoms with Crippen LogP contribution in [0.15, 0.2) is 52.6 Å². The summed E-state index contributed by atoms with van der Waals surface area (Å²) in [6.45, 7) is 2.45. The van der Waals surface area contributed by atoms with Crippen molar-refractivity contribution in [3.8, 4) is 5.75 Å². The van der Waals surface area contributed by atoms with E-state index in [1.165, 1.54) is 17.4 Å². The standard InChI is InChI=1S/C37H46N6O6S2/c1-42(25-10-12-26(13-11-25)49-35(46)37(48,24-6-2-3-7-24)32-8-4-19-50-32)17-5-18-43-29-15-9-23(20-28(29)40-41-43)21-38-22-31(45)27-14-16-30(44)33-34(27)51-36(47)39-33/h4,8-9,14-16,19-20,24-26,31,38,44-45,48H,2-3,5-7,10-13,17-18,21-22H2,1H3,(H,39,47)/t25-,26-,31-,37+/m0/s1. The number of thiazole rings is 1. The third-order valence-corrected chi connectivity index (χ3v) is 12.7. The van der Waals surface area contributed by atoms with Crippen LogP contribution in [0.4, 0.5) is 0 Å². The molecule has 51 heavy (non-hydrogen) atoms. The second-order valence-corrected chi connectivity index (χ2v) is 16.0. The zero-order valence-electron chi connectivity index (χ0n) is 28.8. The van der Waals surface area contributed by atoms with Gasteiger partial charge < -0.3 is 35.3 Å². The van der Waals surface area contributed by atoms with Gasteiger partial charge in [0.2, 0.25) is 0 Å². The van der Waals surface area contributed by atoms with Gasteiger partial charge in [-0.1, -0.05) is 47.6 Å². The number of phenols is 1. The van der Waals surface area contributed by atoms with Crippen LogP contribution in [0, 0.1) is 5.92 Å². The lowest BCUT2D eigenvalue weighted by Crippen LogP contribution is -2.45. The molecule has 0 unspecified atom stereocenters. The summed E-state index contributed by atoms with van der Waals surface area (Å²) in [5, 5.41) is 46.5. The van der Waals surface area contributed by atoms with Crippen LogP contribution in [0.1, 0.15) is 79.9 Å². The Bertz CT molecular complexity index is 2000. The lowest BCUT2D eigenvalue weighted by molar-refractivity contribution is -0.180. The third kappa shape index (κ3) is 7.62. The number of hydrogen-bond donors (Lipinski definition) is 5. The number of carbonyl (C=O) groups excluding carboxylic acids is 1. The maximum Gasteiger partial charge on any atom is 0.344 e. The largest absolute Gasteiger partial charge is 0.506 e. The molecule has 0 saturated heterocycles. The highest BCUT2D eigenvalue weighted by molar-refractivity contribution is 7.16. The molecule has 2 saturated carbocycles. The van der Waals surface area contributed by atoms with E-state index in [2.05, 4.69) is 32.6 Å². The molecule has 14 heteroatoms. The first-order valence-corrected chi connectivity index (χ1v) is 19.6. The fourth-order valence-electron chi connectivity index (χ4n) is 7.86. The highest BCUT2D eigenvalue weighted by Crippen LogP contribution is 2.44. The van der Waals surface area contributed by atoms with Crippen molar-refractivity contribution in [3.05, 3.63) is 73.5 Å². The highest BCUT2D eigenvalue weighted by Gasteiger charge is 2.49. The van der Waals surface area contributed by atoms with Crippen molar-refractivity contribution in [2.75, 3.05) is 20.1 Å². The summed E-state index contributed by atoms with van der Waals surface area (Å²) in [5.74, 6) is -0.565. The summed E-state index contributed by atoms with van der Waals surface area (Å²) >= 11 is 2.41. The van der Waals surface area contributed by atoms with Crippen molar-refractivity contribution >= 4 is 49.9 Å². The van der Waals surface area contributed by atoms with Crippen LogP contribution in [0.5, 0.6) is 5.75 Å². The van der Waals surface area contributed by atoms with Gasteiger partial charge in [-0.15, -0.1) is 16.4 Å². The Balaban J connectivity index is 0.854. The van der Waals surface area contributed by atoms with E-state index in [-0.39, 0.29) is 29.2 Å². The molecule has 0 amide bonds. The summed E-state index contributed by atoms with van der Waals surface area (Å²) in [6, 6.07) is 13.4. The molecule has 12 nitrogen and oxygen atoms in total. The molecule has 2 aliphatic rings. The van der Waals surface area contributed by atoms with Crippen LogP contribution in [0.2, 0.25) is 0 Å². The van der Waals surface area contributed by atoms with E-state index in [0.29, 0.717) is 33.2 Å². The van der Waals surface area contributed by atoms with Gasteiger partial charge in [-0.05, 0) is 93.7 Å². The Kier molecular flexibility index (Phi) is 10.9. The fraction of sp³-hybridized carbons (Fsp3) is 0.514. The normalized spacial score (nSPS) is 20.3. The molecule has 0 radical (unpaired) electrons. The number of aromatic nitrogens is 4. The lowest BCUT2D eigenvalue weighted by Gasteiger charge is -2.37. The molecule has 272 valence electrons. The number of aromatic amines is 1. The number of ether oxygens (including phenoxy) is 1. The number of fused-ring (bicyclic) bond motifs is 2. The van der Waals surface area contributed by atoms with Gasteiger partial charge >= 0.3 is 10.8 Å². The van der Waals surface area contributed by atoms with Crippen molar-refractivity contribution in [2.24, 2.45) is 5.92 Å². The van der Waals surface area contributed by atoms with Gasteiger partial charge in [-0.25, -0.2) is 9.48 Å². The van der Waals surface area contributed by atoms with Gasteiger partial charge in [0, 0.05) is 42.0 Å². The fourth-order valence-corrected chi connectivity index (χ4v) is 9.67. The van der Waals surface area contributed by atoms with Crippen LogP contribution < -0.4 is 10.2 Å². The summed E-state index contributed by atoms with van der Waals surface area (Å²) in [5.41, 5.74) is 2.20. The molecule has 0 aliphatic heterocycles. The molecule has 3 heterocycles. The quantitative estimate of drug-likeness (QED) is 0.0961. The Morgan fingerprint density at radius 2 is 1.96 bits per heavy atom. The molecular weight excluding hydrogens is 689 g/mol. The highest BCUT2D eigenvalue weighted by atomic mass is 32.1. The number of H-pyrrole nitrogens is 1. The van der Waals surface area contributed by atoms with Gasteiger partial charge in [0.25, 0.3) is 0 Å². The lowest BCUT2D eigenvalue weighted by atomic mass is 9.84. The second kappa shape index (κ2) is 15.5.